The number of phenols is 1. The summed E-state index contributed by atoms with van der Waals surface area (Å²) in [6.07, 6.45) is 8.50. The average molecular weight is 395 g/mol. The highest BCUT2D eigenvalue weighted by Crippen LogP contribution is 2.40. The maximum Gasteiger partial charge on any atom is 0.118 e. The van der Waals surface area contributed by atoms with Gasteiger partial charge in [0, 0.05) is 5.41 Å². The third-order valence-corrected chi connectivity index (χ3v) is 6.65. The van der Waals surface area contributed by atoms with Crippen molar-refractivity contribution in [2.75, 3.05) is 0 Å². The Bertz CT molecular complexity index is 846. The van der Waals surface area contributed by atoms with Crippen LogP contribution >= 0.6 is 0 Å². The van der Waals surface area contributed by atoms with E-state index in [1.807, 2.05) is 26.0 Å². The lowest BCUT2D eigenvalue weighted by Gasteiger charge is -2.34. The van der Waals surface area contributed by atoms with Gasteiger partial charge in [-0.15, -0.1) is 0 Å². The maximum absolute atomic E-state index is 10.7. The molecule has 2 N–H and O–H groups in total. The van der Waals surface area contributed by atoms with Crippen LogP contribution in [0.3, 0.4) is 0 Å². The Morgan fingerprint density at radius 2 is 1.41 bits per heavy atom. The molecule has 0 saturated carbocycles. The van der Waals surface area contributed by atoms with E-state index >= 15 is 0 Å². The molecule has 158 valence electrons. The van der Waals surface area contributed by atoms with E-state index in [0.717, 1.165) is 43.2 Å². The minimum atomic E-state index is -0.722. The van der Waals surface area contributed by atoms with Crippen LogP contribution in [0.5, 0.6) is 5.75 Å². The van der Waals surface area contributed by atoms with E-state index < -0.39 is 5.60 Å². The fraction of sp³-hybridized carbons (Fsp3) is 0.481. The molecule has 1 atom stereocenters. The molecule has 0 aliphatic rings. The van der Waals surface area contributed by atoms with Crippen molar-refractivity contribution in [2.45, 2.75) is 84.7 Å². The van der Waals surface area contributed by atoms with Crippen LogP contribution in [0.2, 0.25) is 0 Å². The number of phenolic OH excluding ortho intramolecular Hbond substituents is 1. The lowest BCUT2D eigenvalue weighted by atomic mass is 9.70. The molecule has 0 radical (unpaired) electrons. The molecule has 0 fully saturated rings. The molecular formula is C27H38O2. The van der Waals surface area contributed by atoms with Crippen LogP contribution in [-0.2, 0) is 5.41 Å². The van der Waals surface area contributed by atoms with Crippen molar-refractivity contribution in [1.82, 2.24) is 0 Å². The fourth-order valence-corrected chi connectivity index (χ4v) is 4.40. The fourth-order valence-electron chi connectivity index (χ4n) is 4.40. The molecule has 0 saturated heterocycles. The van der Waals surface area contributed by atoms with E-state index in [4.69, 9.17) is 0 Å². The Morgan fingerprint density at radius 3 is 1.90 bits per heavy atom. The van der Waals surface area contributed by atoms with Gasteiger partial charge in [0.15, 0.2) is 0 Å². The molecule has 2 aromatic rings. The van der Waals surface area contributed by atoms with E-state index in [2.05, 4.69) is 64.1 Å². The van der Waals surface area contributed by atoms with Crippen LogP contribution in [0.25, 0.3) is 6.08 Å². The van der Waals surface area contributed by atoms with Crippen molar-refractivity contribution in [3.8, 4) is 5.75 Å². The molecule has 0 amide bonds. The van der Waals surface area contributed by atoms with Crippen LogP contribution in [0, 0.1) is 13.8 Å². The van der Waals surface area contributed by atoms with Crippen LogP contribution in [0.15, 0.2) is 42.5 Å². The molecule has 2 heteroatoms. The smallest absolute Gasteiger partial charge is 0.118 e. The van der Waals surface area contributed by atoms with Crippen LogP contribution in [0.1, 0.15) is 87.6 Å². The zero-order chi connectivity index (χ0) is 21.7. The summed E-state index contributed by atoms with van der Waals surface area (Å²) in [5, 5.41) is 20.7. The number of aliphatic hydroxyl groups is 1. The second kappa shape index (κ2) is 9.63. The van der Waals surface area contributed by atoms with Gasteiger partial charge < -0.3 is 10.2 Å². The lowest BCUT2D eigenvalue weighted by Crippen LogP contribution is -2.26. The standard InChI is InChI=1S/C27H38O2/c1-7-16-26(29,8-2)17-15-22-11-12-23(18-20(22)5)27(9-3,10-4)24-13-14-25(28)21(6)19-24/h11-15,17-19,28-29H,7-10,16H2,1-6H3. The highest BCUT2D eigenvalue weighted by molar-refractivity contribution is 5.57. The minimum absolute atomic E-state index is 0.0716. The molecule has 1 unspecified atom stereocenters. The summed E-state index contributed by atoms with van der Waals surface area (Å²) < 4.78 is 0. The summed E-state index contributed by atoms with van der Waals surface area (Å²) in [6, 6.07) is 12.7. The van der Waals surface area contributed by atoms with Gasteiger partial charge in [0.25, 0.3) is 0 Å². The number of aryl methyl sites for hydroxylation is 2. The second-order valence-electron chi connectivity index (χ2n) is 8.40. The first kappa shape index (κ1) is 23.2. The summed E-state index contributed by atoms with van der Waals surface area (Å²) in [7, 11) is 0. The number of hydrogen-bond acceptors (Lipinski definition) is 2. The normalized spacial score (nSPS) is 14.3. The maximum atomic E-state index is 10.7. The third kappa shape index (κ3) is 4.93. The van der Waals surface area contributed by atoms with Gasteiger partial charge in [0.05, 0.1) is 5.60 Å². The molecule has 0 heterocycles. The van der Waals surface area contributed by atoms with Gasteiger partial charge in [0.2, 0.25) is 0 Å². The first-order valence-corrected chi connectivity index (χ1v) is 11.1. The molecule has 2 nitrogen and oxygen atoms in total. The highest BCUT2D eigenvalue weighted by Gasteiger charge is 2.31. The SMILES string of the molecule is CCCC(O)(C=Cc1ccc(C(CC)(CC)c2ccc(O)c(C)c2)cc1C)CC. The van der Waals surface area contributed by atoms with Gasteiger partial charge in [0.1, 0.15) is 5.75 Å². The number of benzene rings is 2. The van der Waals surface area contributed by atoms with E-state index in [0.29, 0.717) is 5.75 Å². The monoisotopic (exact) mass is 394 g/mol. The summed E-state index contributed by atoms with van der Waals surface area (Å²) in [5.41, 5.74) is 5.05. The Morgan fingerprint density at radius 1 is 0.828 bits per heavy atom. The van der Waals surface area contributed by atoms with Crippen LogP contribution in [0.4, 0.5) is 0 Å². The Kier molecular flexibility index (Phi) is 7.71. The van der Waals surface area contributed by atoms with Crippen molar-refractivity contribution in [2.24, 2.45) is 0 Å². The van der Waals surface area contributed by atoms with Crippen LogP contribution < -0.4 is 0 Å². The Hall–Kier alpha value is -2.06. The van der Waals surface area contributed by atoms with Crippen molar-refractivity contribution in [3.63, 3.8) is 0 Å². The topological polar surface area (TPSA) is 40.5 Å². The van der Waals surface area contributed by atoms with Gasteiger partial charge >= 0.3 is 0 Å². The number of rotatable bonds is 9. The third-order valence-electron chi connectivity index (χ3n) is 6.65. The van der Waals surface area contributed by atoms with Crippen molar-refractivity contribution in [1.29, 1.82) is 0 Å². The van der Waals surface area contributed by atoms with Crippen molar-refractivity contribution < 1.29 is 10.2 Å². The summed E-state index contributed by atoms with van der Waals surface area (Å²) in [5.74, 6) is 0.349. The molecule has 2 aromatic carbocycles. The molecule has 0 aliphatic carbocycles. The molecule has 29 heavy (non-hydrogen) atoms. The molecule has 0 aromatic heterocycles. The molecule has 0 aliphatic heterocycles. The summed E-state index contributed by atoms with van der Waals surface area (Å²) in [4.78, 5) is 0. The highest BCUT2D eigenvalue weighted by atomic mass is 16.3. The van der Waals surface area contributed by atoms with Crippen LogP contribution in [-0.4, -0.2) is 15.8 Å². The zero-order valence-corrected chi connectivity index (χ0v) is 19.0. The first-order chi connectivity index (χ1) is 13.7. The van der Waals surface area contributed by atoms with E-state index in [1.54, 1.807) is 0 Å². The molecule has 0 bridgehead atoms. The first-order valence-electron chi connectivity index (χ1n) is 11.1. The van der Waals surface area contributed by atoms with Gasteiger partial charge in [-0.2, -0.15) is 0 Å². The van der Waals surface area contributed by atoms with Crippen molar-refractivity contribution in [3.05, 3.63) is 70.3 Å². The Balaban J connectivity index is 2.45. The molecular weight excluding hydrogens is 356 g/mol. The second-order valence-corrected chi connectivity index (χ2v) is 8.40. The van der Waals surface area contributed by atoms with Gasteiger partial charge in [-0.3, -0.25) is 0 Å². The number of hydrogen-bond donors (Lipinski definition) is 2. The van der Waals surface area contributed by atoms with E-state index in [-0.39, 0.29) is 5.41 Å². The summed E-state index contributed by atoms with van der Waals surface area (Å²) >= 11 is 0. The predicted molar refractivity (Wildman–Crippen MR) is 125 cm³/mol. The lowest BCUT2D eigenvalue weighted by molar-refractivity contribution is 0.0775. The predicted octanol–water partition coefficient (Wildman–Crippen LogP) is 7.07. The molecule has 2 rings (SSSR count). The van der Waals surface area contributed by atoms with Crippen molar-refractivity contribution >= 4 is 6.08 Å². The largest absolute Gasteiger partial charge is 0.508 e. The quantitative estimate of drug-likeness (QED) is 0.477. The van der Waals surface area contributed by atoms with E-state index in [1.165, 1.54) is 16.7 Å². The summed E-state index contributed by atoms with van der Waals surface area (Å²) in [6.45, 7) is 12.7. The Labute approximate surface area is 177 Å². The minimum Gasteiger partial charge on any atom is -0.508 e. The molecule has 0 spiro atoms. The van der Waals surface area contributed by atoms with Gasteiger partial charge in [-0.05, 0) is 73.4 Å². The van der Waals surface area contributed by atoms with Gasteiger partial charge in [-0.25, -0.2) is 0 Å². The number of aromatic hydroxyl groups is 1. The zero-order valence-electron chi connectivity index (χ0n) is 19.0. The van der Waals surface area contributed by atoms with Gasteiger partial charge in [-0.1, -0.05) is 76.6 Å². The van der Waals surface area contributed by atoms with E-state index in [9.17, 15) is 10.2 Å². The average Bonchev–Trinajstić information content (AvgIpc) is 2.71.